The monoisotopic (exact) mass is 468 g/mol. The summed E-state index contributed by atoms with van der Waals surface area (Å²) in [5, 5.41) is 21.7. The van der Waals surface area contributed by atoms with E-state index in [1.54, 1.807) is 36.4 Å². The van der Waals surface area contributed by atoms with Crippen LogP contribution in [0.5, 0.6) is 11.5 Å². The van der Waals surface area contributed by atoms with E-state index < -0.39 is 5.91 Å². The van der Waals surface area contributed by atoms with Gasteiger partial charge in [0.05, 0.1) is 5.02 Å². The van der Waals surface area contributed by atoms with Crippen LogP contribution in [0.25, 0.3) is 6.08 Å². The van der Waals surface area contributed by atoms with Gasteiger partial charge in [-0.15, -0.1) is 10.2 Å². The largest absolute Gasteiger partial charge is 0.490 e. The summed E-state index contributed by atoms with van der Waals surface area (Å²) in [6.45, 7) is 4.67. The first-order chi connectivity index (χ1) is 15.5. The number of anilines is 1. The third kappa shape index (κ3) is 6.54. The van der Waals surface area contributed by atoms with Gasteiger partial charge in [-0.05, 0) is 35.9 Å². The second kappa shape index (κ2) is 11.3. The molecule has 0 aliphatic rings. The van der Waals surface area contributed by atoms with Crippen molar-refractivity contribution in [2.45, 2.75) is 19.8 Å². The van der Waals surface area contributed by atoms with Gasteiger partial charge in [0.2, 0.25) is 5.13 Å². The van der Waals surface area contributed by atoms with Crippen molar-refractivity contribution >= 4 is 40.1 Å². The highest BCUT2D eigenvalue weighted by atomic mass is 35.5. The molecule has 164 valence electrons. The van der Waals surface area contributed by atoms with E-state index in [1.807, 2.05) is 32.0 Å². The summed E-state index contributed by atoms with van der Waals surface area (Å²) >= 11 is 7.33. The van der Waals surface area contributed by atoms with Crippen LogP contribution in [0.3, 0.4) is 0 Å². The molecule has 7 nitrogen and oxygen atoms in total. The summed E-state index contributed by atoms with van der Waals surface area (Å²) in [6, 6.07) is 16.2. The number of rotatable bonds is 9. The number of carbonyl (C=O) groups is 1. The Labute approximate surface area is 195 Å². The molecule has 0 spiro atoms. The molecule has 0 bridgehead atoms. The number of carbonyl (C=O) groups excluding carboxylic acids is 1. The minimum atomic E-state index is -0.531. The van der Waals surface area contributed by atoms with Crippen LogP contribution < -0.4 is 14.8 Å². The van der Waals surface area contributed by atoms with Gasteiger partial charge in [0.25, 0.3) is 5.91 Å². The highest BCUT2D eigenvalue weighted by Gasteiger charge is 2.14. The van der Waals surface area contributed by atoms with Gasteiger partial charge in [0.1, 0.15) is 41.4 Å². The lowest BCUT2D eigenvalue weighted by Crippen LogP contribution is -2.13. The average molecular weight is 469 g/mol. The van der Waals surface area contributed by atoms with Crippen molar-refractivity contribution in [2.75, 3.05) is 18.5 Å². The summed E-state index contributed by atoms with van der Waals surface area (Å²) in [6.07, 6.45) is 1.50. The van der Waals surface area contributed by atoms with E-state index in [9.17, 15) is 10.1 Å². The molecule has 0 aliphatic heterocycles. The predicted molar refractivity (Wildman–Crippen MR) is 125 cm³/mol. The molecule has 1 aromatic heterocycles. The van der Waals surface area contributed by atoms with Gasteiger partial charge in [-0.25, -0.2) is 0 Å². The fourth-order valence-electron chi connectivity index (χ4n) is 2.53. The number of amides is 1. The summed E-state index contributed by atoms with van der Waals surface area (Å²) in [5.41, 5.74) is 0.657. The number of para-hydroxylation sites is 1. The Bertz CT molecular complexity index is 1140. The summed E-state index contributed by atoms with van der Waals surface area (Å²) in [4.78, 5) is 12.4. The molecule has 1 amide bonds. The van der Waals surface area contributed by atoms with Crippen LogP contribution in [0.2, 0.25) is 5.02 Å². The lowest BCUT2D eigenvalue weighted by Gasteiger charge is -2.09. The highest BCUT2D eigenvalue weighted by molar-refractivity contribution is 7.15. The van der Waals surface area contributed by atoms with E-state index in [0.717, 1.165) is 5.01 Å². The number of benzene rings is 2. The zero-order valence-corrected chi connectivity index (χ0v) is 19.1. The topological polar surface area (TPSA) is 97.1 Å². The van der Waals surface area contributed by atoms with Gasteiger partial charge < -0.3 is 9.47 Å². The summed E-state index contributed by atoms with van der Waals surface area (Å²) in [7, 11) is 0. The normalized spacial score (nSPS) is 11.2. The average Bonchev–Trinajstić information content (AvgIpc) is 3.26. The van der Waals surface area contributed by atoms with Crippen LogP contribution in [-0.4, -0.2) is 29.3 Å². The number of aromatic nitrogens is 2. The maximum absolute atomic E-state index is 12.4. The molecule has 0 saturated carbocycles. The number of hydrogen-bond acceptors (Lipinski definition) is 7. The van der Waals surface area contributed by atoms with Crippen LogP contribution in [0.1, 0.15) is 30.3 Å². The Morgan fingerprint density at radius 3 is 2.53 bits per heavy atom. The first kappa shape index (κ1) is 23.3. The fourth-order valence-corrected chi connectivity index (χ4v) is 3.46. The number of nitriles is 1. The van der Waals surface area contributed by atoms with Gasteiger partial charge in [0, 0.05) is 5.92 Å². The molecule has 0 saturated heterocycles. The van der Waals surface area contributed by atoms with E-state index in [4.69, 9.17) is 21.1 Å². The third-order valence-electron chi connectivity index (χ3n) is 4.16. The quantitative estimate of drug-likeness (QED) is 0.259. The van der Waals surface area contributed by atoms with Gasteiger partial charge in [-0.1, -0.05) is 61.1 Å². The summed E-state index contributed by atoms with van der Waals surface area (Å²) < 4.78 is 11.2. The van der Waals surface area contributed by atoms with E-state index in [-0.39, 0.29) is 11.5 Å². The molecule has 2 aromatic carbocycles. The lowest BCUT2D eigenvalue weighted by molar-refractivity contribution is -0.112. The van der Waals surface area contributed by atoms with Gasteiger partial charge in [-0.3, -0.25) is 10.1 Å². The summed E-state index contributed by atoms with van der Waals surface area (Å²) in [5.74, 6) is 0.932. The Kier molecular flexibility index (Phi) is 8.20. The fraction of sp³-hybridized carbons (Fsp3) is 0.217. The number of nitrogens with one attached hydrogen (secondary N) is 1. The van der Waals surface area contributed by atoms with Crippen molar-refractivity contribution in [3.8, 4) is 17.6 Å². The second-order valence-corrected chi connectivity index (χ2v) is 8.34. The first-order valence-corrected chi connectivity index (χ1v) is 11.0. The van der Waals surface area contributed by atoms with Crippen molar-refractivity contribution in [1.29, 1.82) is 5.26 Å². The van der Waals surface area contributed by atoms with E-state index in [0.29, 0.717) is 40.4 Å². The zero-order valence-electron chi connectivity index (χ0n) is 17.5. The lowest BCUT2D eigenvalue weighted by atomic mass is 10.1. The molecule has 1 heterocycles. The van der Waals surface area contributed by atoms with E-state index in [2.05, 4.69) is 15.5 Å². The van der Waals surface area contributed by atoms with Gasteiger partial charge in [-0.2, -0.15) is 5.26 Å². The van der Waals surface area contributed by atoms with Crippen LogP contribution >= 0.6 is 22.9 Å². The van der Waals surface area contributed by atoms with Crippen LogP contribution in [0.4, 0.5) is 5.13 Å². The molecule has 0 aliphatic carbocycles. The van der Waals surface area contributed by atoms with Crippen LogP contribution in [0.15, 0.2) is 54.1 Å². The standard InChI is InChI=1S/C23H21ClN4O3S/c1-15(2)22-27-28-23(32-22)26-21(29)17(14-25)13-16-7-9-18(10-8-16)30-11-12-31-20-6-4-3-5-19(20)24/h3-10,13,15H,11-12H2,1-2H3,(H,26,28,29)/b17-13-. The molecule has 0 fully saturated rings. The molecule has 3 rings (SSSR count). The van der Waals surface area contributed by atoms with E-state index in [1.165, 1.54) is 17.4 Å². The van der Waals surface area contributed by atoms with Gasteiger partial charge in [0.15, 0.2) is 0 Å². The zero-order chi connectivity index (χ0) is 22.9. The molecule has 32 heavy (non-hydrogen) atoms. The molecule has 0 unspecified atom stereocenters. The maximum Gasteiger partial charge on any atom is 0.268 e. The van der Waals surface area contributed by atoms with Crippen molar-refractivity contribution in [1.82, 2.24) is 10.2 Å². The Balaban J connectivity index is 1.53. The Morgan fingerprint density at radius 2 is 1.88 bits per heavy atom. The molecule has 9 heteroatoms. The smallest absolute Gasteiger partial charge is 0.268 e. The molecule has 0 radical (unpaired) electrons. The SMILES string of the molecule is CC(C)c1nnc(NC(=O)/C(C#N)=C\c2ccc(OCCOc3ccccc3Cl)cc2)s1. The number of nitrogens with zero attached hydrogens (tertiary/aromatic N) is 3. The number of hydrogen-bond donors (Lipinski definition) is 1. The Hall–Kier alpha value is -3.41. The molecule has 1 N–H and O–H groups in total. The second-order valence-electron chi connectivity index (χ2n) is 6.92. The van der Waals surface area contributed by atoms with Crippen molar-refractivity contribution < 1.29 is 14.3 Å². The first-order valence-electron chi connectivity index (χ1n) is 9.83. The Morgan fingerprint density at radius 1 is 1.16 bits per heavy atom. The number of ether oxygens (including phenoxy) is 2. The van der Waals surface area contributed by atoms with Crippen molar-refractivity contribution in [2.24, 2.45) is 0 Å². The van der Waals surface area contributed by atoms with Crippen LogP contribution in [-0.2, 0) is 4.79 Å². The van der Waals surface area contributed by atoms with Crippen molar-refractivity contribution in [3.63, 3.8) is 0 Å². The third-order valence-corrected chi connectivity index (χ3v) is 5.61. The highest BCUT2D eigenvalue weighted by Crippen LogP contribution is 2.24. The minimum Gasteiger partial charge on any atom is -0.490 e. The molecule has 0 atom stereocenters. The maximum atomic E-state index is 12.4. The number of halogens is 1. The molecular formula is C23H21ClN4O3S. The minimum absolute atomic E-state index is 0.0342. The molecular weight excluding hydrogens is 448 g/mol. The van der Waals surface area contributed by atoms with E-state index >= 15 is 0 Å². The van der Waals surface area contributed by atoms with Crippen molar-refractivity contribution in [3.05, 3.63) is 69.7 Å². The van der Waals surface area contributed by atoms with Crippen LogP contribution in [0, 0.1) is 11.3 Å². The predicted octanol–water partition coefficient (Wildman–Crippen LogP) is 5.32. The van der Waals surface area contributed by atoms with Gasteiger partial charge >= 0.3 is 0 Å². The molecule has 3 aromatic rings.